The average Bonchev–Trinajstić information content (AvgIpc) is 3.69. The van der Waals surface area contributed by atoms with Gasteiger partial charge in [0.05, 0.1) is 35.6 Å². The summed E-state index contributed by atoms with van der Waals surface area (Å²) >= 11 is 0. The van der Waals surface area contributed by atoms with Crippen LogP contribution in [-0.2, 0) is 25.8 Å². The van der Waals surface area contributed by atoms with Crippen molar-refractivity contribution < 1.29 is 24.2 Å². The smallest absolute Gasteiger partial charge is 0.250 e. The molecular formula is C29H38N6O5. The Morgan fingerprint density at radius 2 is 1.95 bits per heavy atom. The van der Waals surface area contributed by atoms with Gasteiger partial charge < -0.3 is 24.5 Å². The van der Waals surface area contributed by atoms with E-state index in [1.54, 1.807) is 40.6 Å². The maximum atomic E-state index is 14.6. The minimum Gasteiger partial charge on any atom is -0.394 e. The lowest BCUT2D eigenvalue weighted by atomic mass is 9.64. The monoisotopic (exact) mass is 550 g/mol. The van der Waals surface area contributed by atoms with Crippen molar-refractivity contribution in [2.75, 3.05) is 26.7 Å². The second-order valence-corrected chi connectivity index (χ2v) is 11.2. The van der Waals surface area contributed by atoms with Crippen LogP contribution in [0.3, 0.4) is 0 Å². The van der Waals surface area contributed by atoms with E-state index in [4.69, 9.17) is 4.74 Å². The van der Waals surface area contributed by atoms with Gasteiger partial charge in [0.15, 0.2) is 0 Å². The highest BCUT2D eigenvalue weighted by molar-refractivity contribution is 5.99. The second-order valence-electron chi connectivity index (χ2n) is 11.2. The first-order valence-electron chi connectivity index (χ1n) is 13.9. The fourth-order valence-electron chi connectivity index (χ4n) is 7.12. The number of nitrogens with zero attached hydrogens (tertiary/aromatic N) is 6. The van der Waals surface area contributed by atoms with E-state index < -0.39 is 35.1 Å². The number of para-hydroxylation sites is 1. The van der Waals surface area contributed by atoms with Crippen LogP contribution in [0.5, 0.6) is 0 Å². The van der Waals surface area contributed by atoms with Gasteiger partial charge in [0, 0.05) is 20.1 Å². The summed E-state index contributed by atoms with van der Waals surface area (Å²) in [5.41, 5.74) is -0.563. The van der Waals surface area contributed by atoms with Crippen molar-refractivity contribution in [1.82, 2.24) is 29.7 Å². The van der Waals surface area contributed by atoms with Crippen LogP contribution < -0.4 is 0 Å². The summed E-state index contributed by atoms with van der Waals surface area (Å²) in [4.78, 5) is 47.2. The standard InChI is InChI=1S/C29H38N6O5/c1-6-15-32(5)25(37)22-23-26(38)35(19(4)17-36)24(29(23)14-13-28(22,8-3)40-29)27(39)33(16-7-2)18-34-21-12-10-9-11-20(21)30-31-34/h6-7,9-12,19,22-24,36H,1-2,8,13-18H2,3-5H3/t19-,22+,23+,24?,28-,29?/m1/s1. The molecule has 1 N–H and O–H groups in total. The summed E-state index contributed by atoms with van der Waals surface area (Å²) < 4.78 is 8.46. The Labute approximate surface area is 234 Å². The molecule has 11 nitrogen and oxygen atoms in total. The summed E-state index contributed by atoms with van der Waals surface area (Å²) in [7, 11) is 1.69. The highest BCUT2D eigenvalue weighted by Crippen LogP contribution is 2.64. The predicted molar refractivity (Wildman–Crippen MR) is 148 cm³/mol. The normalized spacial score (nSPS) is 29.4. The third-order valence-electron chi connectivity index (χ3n) is 9.02. The number of fused-ring (bicyclic) bond motifs is 2. The van der Waals surface area contributed by atoms with E-state index >= 15 is 0 Å². The number of rotatable bonds is 11. The predicted octanol–water partition coefficient (Wildman–Crippen LogP) is 1.58. The van der Waals surface area contributed by atoms with E-state index in [1.165, 1.54) is 4.90 Å². The Kier molecular flexibility index (Phi) is 7.30. The minimum absolute atomic E-state index is 0.0848. The molecular weight excluding hydrogens is 512 g/mol. The van der Waals surface area contributed by atoms with Crippen LogP contribution in [0, 0.1) is 11.8 Å². The molecule has 2 bridgehead atoms. The van der Waals surface area contributed by atoms with Gasteiger partial charge in [-0.25, -0.2) is 4.68 Å². The molecule has 1 aromatic heterocycles. The molecule has 3 saturated heterocycles. The van der Waals surface area contributed by atoms with E-state index in [1.807, 2.05) is 31.2 Å². The van der Waals surface area contributed by atoms with Crippen molar-refractivity contribution in [2.24, 2.45) is 11.8 Å². The lowest BCUT2D eigenvalue weighted by Crippen LogP contribution is -2.58. The van der Waals surface area contributed by atoms with Crippen molar-refractivity contribution in [3.05, 3.63) is 49.6 Å². The van der Waals surface area contributed by atoms with E-state index in [-0.39, 0.29) is 37.5 Å². The summed E-state index contributed by atoms with van der Waals surface area (Å²) in [6.07, 6.45) is 4.83. The number of likely N-dealkylation sites (N-methyl/N-ethyl adjacent to an activating group) is 1. The van der Waals surface area contributed by atoms with E-state index in [2.05, 4.69) is 23.5 Å². The van der Waals surface area contributed by atoms with Crippen molar-refractivity contribution in [3.8, 4) is 0 Å². The van der Waals surface area contributed by atoms with Gasteiger partial charge in [0.25, 0.3) is 0 Å². The number of aliphatic hydroxyl groups is 1. The lowest BCUT2D eigenvalue weighted by molar-refractivity contribution is -0.158. The Hall–Kier alpha value is -3.57. The maximum absolute atomic E-state index is 14.6. The third-order valence-corrected chi connectivity index (χ3v) is 9.02. The molecule has 3 aliphatic rings. The molecule has 1 spiro atoms. The van der Waals surface area contributed by atoms with Crippen LogP contribution in [0.1, 0.15) is 33.1 Å². The molecule has 3 amide bonds. The summed E-state index contributed by atoms with van der Waals surface area (Å²) in [5.74, 6) is -2.42. The lowest BCUT2D eigenvalue weighted by Gasteiger charge is -2.38. The van der Waals surface area contributed by atoms with Gasteiger partial charge in [0.1, 0.15) is 23.8 Å². The molecule has 1 aromatic carbocycles. The van der Waals surface area contributed by atoms with E-state index in [0.29, 0.717) is 31.3 Å². The minimum atomic E-state index is -1.19. The zero-order chi connectivity index (χ0) is 28.8. The zero-order valence-electron chi connectivity index (χ0n) is 23.4. The van der Waals surface area contributed by atoms with Crippen LogP contribution >= 0.6 is 0 Å². The molecule has 2 aromatic rings. The van der Waals surface area contributed by atoms with Gasteiger partial charge in [-0.2, -0.15) is 0 Å². The highest BCUT2D eigenvalue weighted by atomic mass is 16.5. The Bertz CT molecular complexity index is 1340. The number of hydrogen-bond acceptors (Lipinski definition) is 7. The quantitative estimate of drug-likeness (QED) is 0.422. The van der Waals surface area contributed by atoms with E-state index in [0.717, 1.165) is 5.52 Å². The number of carbonyl (C=O) groups excluding carboxylic acids is 3. The molecule has 4 heterocycles. The molecule has 2 unspecified atom stereocenters. The Morgan fingerprint density at radius 3 is 2.62 bits per heavy atom. The number of ether oxygens (including phenoxy) is 1. The number of hydrogen-bond donors (Lipinski definition) is 1. The number of benzene rings is 1. The number of amides is 3. The summed E-state index contributed by atoms with van der Waals surface area (Å²) in [6, 6.07) is 5.80. The highest BCUT2D eigenvalue weighted by Gasteiger charge is 2.79. The summed E-state index contributed by atoms with van der Waals surface area (Å²) in [6.45, 7) is 11.5. The first-order valence-corrected chi connectivity index (χ1v) is 13.9. The van der Waals surface area contributed by atoms with Gasteiger partial charge in [-0.1, -0.05) is 36.4 Å². The molecule has 3 fully saturated rings. The molecule has 6 atom stereocenters. The van der Waals surface area contributed by atoms with Crippen LogP contribution in [0.2, 0.25) is 0 Å². The van der Waals surface area contributed by atoms with Crippen molar-refractivity contribution in [1.29, 1.82) is 0 Å². The fraction of sp³-hybridized carbons (Fsp3) is 0.552. The van der Waals surface area contributed by atoms with Crippen LogP contribution in [0.4, 0.5) is 0 Å². The number of likely N-dealkylation sites (tertiary alicyclic amines) is 1. The molecule has 0 radical (unpaired) electrons. The topological polar surface area (TPSA) is 121 Å². The first-order chi connectivity index (χ1) is 19.2. The molecule has 3 aliphatic heterocycles. The second kappa shape index (κ2) is 10.4. The van der Waals surface area contributed by atoms with Gasteiger partial charge >= 0.3 is 0 Å². The Morgan fingerprint density at radius 1 is 1.23 bits per heavy atom. The molecule has 0 saturated carbocycles. The Balaban J connectivity index is 1.57. The van der Waals surface area contributed by atoms with Crippen molar-refractivity contribution in [2.45, 2.75) is 63.1 Å². The van der Waals surface area contributed by atoms with Crippen molar-refractivity contribution >= 4 is 28.8 Å². The van der Waals surface area contributed by atoms with Gasteiger partial charge in [-0.05, 0) is 38.3 Å². The fourth-order valence-corrected chi connectivity index (χ4v) is 7.12. The van der Waals surface area contributed by atoms with Gasteiger partial charge in [0.2, 0.25) is 17.7 Å². The SMILES string of the molecule is C=CCN(C)C(=O)[C@@H]1[C@H]2C(=O)N([C@H](C)CO)C(C(=O)N(CC=C)Cn3nnc4ccccc43)C23CC[C@@]1(CC)O3. The maximum Gasteiger partial charge on any atom is 0.250 e. The number of carbonyl (C=O) groups is 3. The molecule has 0 aliphatic carbocycles. The molecule has 214 valence electrons. The summed E-state index contributed by atoms with van der Waals surface area (Å²) in [5, 5.41) is 18.6. The molecule has 40 heavy (non-hydrogen) atoms. The zero-order valence-corrected chi connectivity index (χ0v) is 23.4. The number of aromatic nitrogens is 3. The van der Waals surface area contributed by atoms with Gasteiger partial charge in [-0.3, -0.25) is 14.4 Å². The molecule has 5 rings (SSSR count). The van der Waals surface area contributed by atoms with Crippen LogP contribution in [-0.4, -0.2) is 103 Å². The average molecular weight is 551 g/mol. The van der Waals surface area contributed by atoms with E-state index in [9.17, 15) is 19.5 Å². The third kappa shape index (κ3) is 3.97. The van der Waals surface area contributed by atoms with Crippen LogP contribution in [0.15, 0.2) is 49.6 Å². The largest absolute Gasteiger partial charge is 0.394 e. The van der Waals surface area contributed by atoms with Crippen molar-refractivity contribution in [3.63, 3.8) is 0 Å². The molecule has 11 heteroatoms. The van der Waals surface area contributed by atoms with Gasteiger partial charge in [-0.15, -0.1) is 18.3 Å². The first kappa shape index (κ1) is 28.0. The number of aliphatic hydroxyl groups excluding tert-OH is 1. The van der Waals surface area contributed by atoms with Crippen LogP contribution in [0.25, 0.3) is 11.0 Å².